The van der Waals surface area contributed by atoms with Crippen molar-refractivity contribution >= 4 is 22.9 Å². The van der Waals surface area contributed by atoms with Crippen molar-refractivity contribution in [3.8, 4) is 28.3 Å². The number of hydrogen-bond acceptors (Lipinski definition) is 6. The molecule has 1 amide bonds. The monoisotopic (exact) mass is 555 g/mol. The number of fused-ring (bicyclic) bond motifs is 2. The number of pyridine rings is 2. The molecule has 1 saturated heterocycles. The number of benzene rings is 2. The molecule has 2 aliphatic rings. The molecule has 8 heteroatoms. The molecule has 1 aliphatic carbocycles. The van der Waals surface area contributed by atoms with Crippen LogP contribution in [0.5, 0.6) is 0 Å². The Labute approximate surface area is 244 Å². The summed E-state index contributed by atoms with van der Waals surface area (Å²) in [5.41, 5.74) is 14.3. The zero-order valence-corrected chi connectivity index (χ0v) is 23.4. The van der Waals surface area contributed by atoms with E-state index in [1.165, 1.54) is 17.2 Å². The number of hydrogen-bond donors (Lipinski definition) is 2. The van der Waals surface area contributed by atoms with E-state index in [0.29, 0.717) is 17.9 Å². The van der Waals surface area contributed by atoms with Gasteiger partial charge in [-0.1, -0.05) is 43.0 Å². The maximum Gasteiger partial charge on any atom is 0.245 e. The first-order chi connectivity index (χ1) is 20.6. The highest BCUT2D eigenvalue weighted by Gasteiger charge is 2.29. The van der Waals surface area contributed by atoms with Crippen LogP contribution in [0.15, 0.2) is 91.6 Å². The fourth-order valence-electron chi connectivity index (χ4n) is 6.36. The Morgan fingerprint density at radius 3 is 2.60 bits per heavy atom. The van der Waals surface area contributed by atoms with Gasteiger partial charge in [0.05, 0.1) is 11.3 Å². The molecule has 1 fully saturated rings. The molecule has 3 N–H and O–H groups in total. The molecule has 7 rings (SSSR count). The highest BCUT2D eigenvalue weighted by atomic mass is 16.2. The number of amides is 1. The van der Waals surface area contributed by atoms with Gasteiger partial charge in [0.15, 0.2) is 11.5 Å². The average Bonchev–Trinajstić information content (AvgIpc) is 3.62. The Morgan fingerprint density at radius 2 is 1.81 bits per heavy atom. The zero-order valence-electron chi connectivity index (χ0n) is 23.4. The number of anilines is 1. The second-order valence-electron chi connectivity index (χ2n) is 11.1. The molecular formula is C34H33N7O. The molecule has 1 aliphatic heterocycles. The van der Waals surface area contributed by atoms with Crippen LogP contribution in [0.25, 0.3) is 39.5 Å². The van der Waals surface area contributed by atoms with Gasteiger partial charge < -0.3 is 16.0 Å². The molecule has 210 valence electrons. The van der Waals surface area contributed by atoms with Crippen molar-refractivity contribution in [2.45, 2.75) is 37.8 Å². The Morgan fingerprint density at radius 1 is 0.976 bits per heavy atom. The van der Waals surface area contributed by atoms with E-state index in [1.807, 2.05) is 47.4 Å². The standard InChI is InChI=1S/C34H33N7O/c1-2-31(42)40-19-16-24(17-20-40)37-29-13-10-23-21-25(11-12-26(23)29)41-33(27-9-6-18-36-32(27)35)39-30-15-14-28(38-34(30)41)22-7-4-3-5-8-22/h2-9,11-12,14-15,18,21,24,29,37H,1,10,13,16-17,19-20H2,(H2,35,36). The number of nitrogens with zero attached hydrogens (tertiary/aromatic N) is 5. The Balaban J connectivity index is 1.24. The largest absolute Gasteiger partial charge is 0.383 e. The van der Waals surface area contributed by atoms with E-state index in [1.54, 1.807) is 6.20 Å². The van der Waals surface area contributed by atoms with Crippen LogP contribution in [0.1, 0.15) is 36.4 Å². The minimum Gasteiger partial charge on any atom is -0.383 e. The van der Waals surface area contributed by atoms with E-state index in [-0.39, 0.29) is 5.91 Å². The molecule has 1 atom stereocenters. The normalized spacial score (nSPS) is 17.0. The van der Waals surface area contributed by atoms with Crippen molar-refractivity contribution in [2.75, 3.05) is 18.8 Å². The molecule has 3 aromatic heterocycles. The van der Waals surface area contributed by atoms with Crippen LogP contribution in [-0.4, -0.2) is 49.5 Å². The van der Waals surface area contributed by atoms with Gasteiger partial charge in [-0.05, 0) is 79.3 Å². The van der Waals surface area contributed by atoms with Crippen molar-refractivity contribution in [1.29, 1.82) is 0 Å². The smallest absolute Gasteiger partial charge is 0.245 e. The summed E-state index contributed by atoms with van der Waals surface area (Å²) >= 11 is 0. The fraction of sp³-hybridized carbons (Fsp3) is 0.235. The van der Waals surface area contributed by atoms with Gasteiger partial charge in [0, 0.05) is 42.6 Å². The first kappa shape index (κ1) is 26.1. The lowest BCUT2D eigenvalue weighted by Gasteiger charge is -2.33. The summed E-state index contributed by atoms with van der Waals surface area (Å²) < 4.78 is 2.11. The van der Waals surface area contributed by atoms with Gasteiger partial charge in [0.25, 0.3) is 0 Å². The Hall–Kier alpha value is -4.82. The number of nitrogens with two attached hydrogens (primary N) is 1. The number of carbonyl (C=O) groups excluding carboxylic acids is 1. The van der Waals surface area contributed by atoms with Gasteiger partial charge in [0.1, 0.15) is 11.3 Å². The minimum absolute atomic E-state index is 0.0250. The molecule has 0 saturated carbocycles. The quantitative estimate of drug-likeness (QED) is 0.269. The number of aryl methyl sites for hydroxylation is 1. The molecular weight excluding hydrogens is 522 g/mol. The highest BCUT2D eigenvalue weighted by Crippen LogP contribution is 2.37. The molecule has 0 radical (unpaired) electrons. The lowest BCUT2D eigenvalue weighted by molar-refractivity contribution is -0.127. The maximum atomic E-state index is 12.0. The second-order valence-corrected chi connectivity index (χ2v) is 11.1. The summed E-state index contributed by atoms with van der Waals surface area (Å²) in [6, 6.07) is 25.5. The molecule has 1 unspecified atom stereocenters. The summed E-state index contributed by atoms with van der Waals surface area (Å²) in [4.78, 5) is 28.3. The third-order valence-electron chi connectivity index (χ3n) is 8.53. The van der Waals surface area contributed by atoms with E-state index in [9.17, 15) is 4.79 Å². The van der Waals surface area contributed by atoms with Gasteiger partial charge in [-0.2, -0.15) is 0 Å². The zero-order chi connectivity index (χ0) is 28.6. The third kappa shape index (κ3) is 4.73. The number of carbonyl (C=O) groups is 1. The van der Waals surface area contributed by atoms with Crippen molar-refractivity contribution in [3.63, 3.8) is 0 Å². The molecule has 4 heterocycles. The summed E-state index contributed by atoms with van der Waals surface area (Å²) in [7, 11) is 0. The van der Waals surface area contributed by atoms with Crippen molar-refractivity contribution in [3.05, 3.63) is 103 Å². The van der Waals surface area contributed by atoms with Crippen molar-refractivity contribution in [2.24, 2.45) is 0 Å². The Kier molecular flexibility index (Phi) is 6.76. The molecule has 0 spiro atoms. The molecule has 8 nitrogen and oxygen atoms in total. The minimum atomic E-state index is 0.0250. The molecule has 0 bridgehead atoms. The van der Waals surface area contributed by atoms with E-state index < -0.39 is 0 Å². The van der Waals surface area contributed by atoms with Crippen LogP contribution in [0.3, 0.4) is 0 Å². The molecule has 42 heavy (non-hydrogen) atoms. The summed E-state index contributed by atoms with van der Waals surface area (Å²) in [6.07, 6.45) is 7.06. The number of likely N-dealkylation sites (tertiary alicyclic amines) is 1. The number of imidazole rings is 1. The van der Waals surface area contributed by atoms with Crippen LogP contribution in [0.2, 0.25) is 0 Å². The van der Waals surface area contributed by atoms with Crippen LogP contribution < -0.4 is 11.1 Å². The van der Waals surface area contributed by atoms with E-state index >= 15 is 0 Å². The van der Waals surface area contributed by atoms with E-state index in [2.05, 4.69) is 51.8 Å². The van der Waals surface area contributed by atoms with Gasteiger partial charge in [-0.25, -0.2) is 15.0 Å². The summed E-state index contributed by atoms with van der Waals surface area (Å²) in [5, 5.41) is 3.89. The first-order valence-electron chi connectivity index (χ1n) is 14.6. The number of nitrogens with one attached hydrogen (secondary N) is 1. The fourth-order valence-corrected chi connectivity index (χ4v) is 6.36. The SMILES string of the molecule is C=CC(=O)N1CCC(NC2CCc3cc(-n4c(-c5cccnc5N)nc5ccc(-c6ccccc6)nc54)ccc32)CC1. The third-order valence-corrected chi connectivity index (χ3v) is 8.53. The average molecular weight is 556 g/mol. The van der Waals surface area contributed by atoms with Gasteiger partial charge in [-0.15, -0.1) is 0 Å². The second kappa shape index (κ2) is 10.9. The van der Waals surface area contributed by atoms with Crippen molar-refractivity contribution < 1.29 is 4.79 Å². The lowest BCUT2D eigenvalue weighted by atomic mass is 10.0. The maximum absolute atomic E-state index is 12.0. The predicted octanol–water partition coefficient (Wildman–Crippen LogP) is 5.49. The van der Waals surface area contributed by atoms with Crippen molar-refractivity contribution in [1.82, 2.24) is 29.7 Å². The van der Waals surface area contributed by atoms with Gasteiger partial charge in [-0.3, -0.25) is 9.36 Å². The van der Waals surface area contributed by atoms with Gasteiger partial charge in [0.2, 0.25) is 5.91 Å². The summed E-state index contributed by atoms with van der Waals surface area (Å²) in [5.74, 6) is 1.18. The van der Waals surface area contributed by atoms with E-state index in [4.69, 9.17) is 15.7 Å². The first-order valence-corrected chi connectivity index (χ1v) is 14.6. The van der Waals surface area contributed by atoms with E-state index in [0.717, 1.165) is 78.3 Å². The van der Waals surface area contributed by atoms with Crippen LogP contribution >= 0.6 is 0 Å². The van der Waals surface area contributed by atoms with Gasteiger partial charge >= 0.3 is 0 Å². The number of rotatable bonds is 6. The molecule has 2 aromatic carbocycles. The van der Waals surface area contributed by atoms with Crippen LogP contribution in [0, 0.1) is 0 Å². The van der Waals surface area contributed by atoms with Crippen LogP contribution in [-0.2, 0) is 11.2 Å². The molecule has 5 aromatic rings. The topological polar surface area (TPSA) is 102 Å². The number of piperidine rings is 1. The predicted molar refractivity (Wildman–Crippen MR) is 166 cm³/mol. The highest BCUT2D eigenvalue weighted by molar-refractivity contribution is 5.87. The number of aromatic nitrogens is 4. The van der Waals surface area contributed by atoms with Crippen LogP contribution in [0.4, 0.5) is 5.82 Å². The number of nitrogen functional groups attached to an aromatic ring is 1. The Bertz CT molecular complexity index is 1790. The summed E-state index contributed by atoms with van der Waals surface area (Å²) in [6.45, 7) is 5.17. The lowest BCUT2D eigenvalue weighted by Crippen LogP contribution is -2.45.